The van der Waals surface area contributed by atoms with Crippen LogP contribution in [0.15, 0.2) is 54.6 Å². The molecule has 0 bridgehead atoms. The number of para-hydroxylation sites is 1. The van der Waals surface area contributed by atoms with E-state index < -0.39 is 22.8 Å². The van der Waals surface area contributed by atoms with Crippen LogP contribution in [-0.4, -0.2) is 41.8 Å². The van der Waals surface area contributed by atoms with Gasteiger partial charge < -0.3 is 19.9 Å². The normalized spacial score (nSPS) is 22.4. The summed E-state index contributed by atoms with van der Waals surface area (Å²) in [4.78, 5) is 24.6. The first kappa shape index (κ1) is 20.9. The second-order valence-electron chi connectivity index (χ2n) is 7.78. The predicted molar refractivity (Wildman–Crippen MR) is 110 cm³/mol. The van der Waals surface area contributed by atoms with Gasteiger partial charge in [-0.2, -0.15) is 0 Å². The summed E-state index contributed by atoms with van der Waals surface area (Å²) in [7, 11) is 0. The third kappa shape index (κ3) is 3.85. The molecular formula is C23H27NO5. The summed E-state index contributed by atoms with van der Waals surface area (Å²) in [5, 5.41) is 12.5. The van der Waals surface area contributed by atoms with E-state index in [1.165, 1.54) is 0 Å². The molecule has 2 aromatic carbocycles. The van der Waals surface area contributed by atoms with Crippen molar-refractivity contribution in [3.63, 3.8) is 0 Å². The average Bonchev–Trinajstić information content (AvgIpc) is 2.72. The molecule has 0 spiro atoms. The van der Waals surface area contributed by atoms with E-state index in [1.54, 1.807) is 19.9 Å². The molecule has 154 valence electrons. The minimum absolute atomic E-state index is 0.219. The summed E-state index contributed by atoms with van der Waals surface area (Å²) in [5.74, 6) is -0.965. The van der Waals surface area contributed by atoms with Crippen LogP contribution < -0.4 is 10.1 Å². The number of carboxylic acids is 1. The Morgan fingerprint density at radius 3 is 2.38 bits per heavy atom. The number of carboxylic acid groups (broad SMARTS) is 1. The third-order valence-corrected chi connectivity index (χ3v) is 5.81. The Bertz CT molecular complexity index is 880. The number of hydrogen-bond acceptors (Lipinski definition) is 4. The van der Waals surface area contributed by atoms with E-state index in [0.29, 0.717) is 12.4 Å². The summed E-state index contributed by atoms with van der Waals surface area (Å²) >= 11 is 0. The van der Waals surface area contributed by atoms with E-state index >= 15 is 0 Å². The molecule has 1 fully saturated rings. The molecule has 6 heteroatoms. The van der Waals surface area contributed by atoms with Gasteiger partial charge in [-0.1, -0.05) is 62.4 Å². The maximum atomic E-state index is 12.6. The molecule has 0 heterocycles. The van der Waals surface area contributed by atoms with Crippen LogP contribution in [0.3, 0.4) is 0 Å². The Balaban J connectivity index is 1.70. The van der Waals surface area contributed by atoms with E-state index in [9.17, 15) is 14.7 Å². The Morgan fingerprint density at radius 1 is 1.10 bits per heavy atom. The van der Waals surface area contributed by atoms with Gasteiger partial charge >= 0.3 is 5.97 Å². The first-order chi connectivity index (χ1) is 13.8. The van der Waals surface area contributed by atoms with Crippen LogP contribution >= 0.6 is 0 Å². The molecule has 2 atom stereocenters. The number of benzene rings is 2. The molecule has 1 aliphatic carbocycles. The van der Waals surface area contributed by atoms with Crippen LogP contribution in [0.1, 0.15) is 27.2 Å². The van der Waals surface area contributed by atoms with Gasteiger partial charge in [0.05, 0.1) is 6.10 Å². The number of ether oxygens (including phenoxy) is 2. The van der Waals surface area contributed by atoms with E-state index in [2.05, 4.69) is 5.32 Å². The first-order valence-corrected chi connectivity index (χ1v) is 9.75. The van der Waals surface area contributed by atoms with Gasteiger partial charge in [-0.15, -0.1) is 0 Å². The molecule has 1 saturated carbocycles. The van der Waals surface area contributed by atoms with Crippen LogP contribution in [0.2, 0.25) is 0 Å². The van der Waals surface area contributed by atoms with Gasteiger partial charge in [0.25, 0.3) is 5.91 Å². The zero-order chi connectivity index (χ0) is 21.1. The van der Waals surface area contributed by atoms with Crippen molar-refractivity contribution in [1.82, 2.24) is 5.32 Å². The van der Waals surface area contributed by atoms with Crippen molar-refractivity contribution in [2.45, 2.75) is 38.8 Å². The smallest absolute Gasteiger partial charge is 0.330 e. The molecule has 0 saturated heterocycles. The Labute approximate surface area is 170 Å². The van der Waals surface area contributed by atoms with Gasteiger partial charge in [0.1, 0.15) is 11.3 Å². The van der Waals surface area contributed by atoms with Crippen molar-refractivity contribution in [3.8, 4) is 16.9 Å². The summed E-state index contributed by atoms with van der Waals surface area (Å²) in [5.41, 5.74) is -0.252. The highest BCUT2D eigenvalue weighted by molar-refractivity contribution is 5.90. The van der Waals surface area contributed by atoms with E-state index in [0.717, 1.165) is 11.1 Å². The highest BCUT2D eigenvalue weighted by atomic mass is 16.5. The quantitative estimate of drug-likeness (QED) is 0.712. The van der Waals surface area contributed by atoms with E-state index in [-0.39, 0.29) is 19.1 Å². The molecule has 2 unspecified atom stereocenters. The highest BCUT2D eigenvalue weighted by Gasteiger charge is 2.66. The van der Waals surface area contributed by atoms with Crippen LogP contribution in [0.5, 0.6) is 5.75 Å². The molecule has 3 rings (SSSR count). The topological polar surface area (TPSA) is 84.9 Å². The number of hydrogen-bond donors (Lipinski definition) is 2. The van der Waals surface area contributed by atoms with Gasteiger partial charge in [0, 0.05) is 24.0 Å². The number of carbonyl (C=O) groups excluding carboxylic acids is 1. The Hall–Kier alpha value is -2.86. The van der Waals surface area contributed by atoms with Crippen LogP contribution in [0.25, 0.3) is 11.1 Å². The van der Waals surface area contributed by atoms with Crippen molar-refractivity contribution in [3.05, 3.63) is 54.6 Å². The van der Waals surface area contributed by atoms with Gasteiger partial charge in [-0.25, -0.2) is 4.79 Å². The fraction of sp³-hybridized carbons (Fsp3) is 0.391. The number of rotatable bonds is 8. The molecule has 6 nitrogen and oxygen atoms in total. The summed E-state index contributed by atoms with van der Waals surface area (Å²) < 4.78 is 11.4. The molecule has 1 amide bonds. The van der Waals surface area contributed by atoms with Crippen LogP contribution in [0, 0.1) is 5.41 Å². The lowest BCUT2D eigenvalue weighted by Gasteiger charge is -2.58. The molecule has 2 aromatic rings. The highest BCUT2D eigenvalue weighted by Crippen LogP contribution is 2.51. The monoisotopic (exact) mass is 397 g/mol. The minimum Gasteiger partial charge on any atom is -0.483 e. The zero-order valence-corrected chi connectivity index (χ0v) is 17.0. The third-order valence-electron chi connectivity index (χ3n) is 5.81. The largest absolute Gasteiger partial charge is 0.483 e. The standard InChI is InChI=1S/C23H27NO5/c1-4-28-19-14-23(21(26)27,22(19,2)3)24-20(25)15-29-18-13-9-8-12-17(18)16-10-6-5-7-11-16/h5-13,19H,4,14-15H2,1-3H3,(H,24,25)(H,26,27). The number of carbonyl (C=O) groups is 2. The van der Waals surface area contributed by atoms with E-state index in [4.69, 9.17) is 9.47 Å². The zero-order valence-electron chi connectivity index (χ0n) is 17.0. The molecule has 0 radical (unpaired) electrons. The minimum atomic E-state index is -1.37. The summed E-state index contributed by atoms with van der Waals surface area (Å²) in [6.45, 7) is 5.70. The van der Waals surface area contributed by atoms with Gasteiger partial charge in [-0.3, -0.25) is 4.79 Å². The number of aliphatic carboxylic acids is 1. The number of nitrogens with one attached hydrogen (secondary N) is 1. The molecule has 29 heavy (non-hydrogen) atoms. The van der Waals surface area contributed by atoms with Gasteiger partial charge in [-0.05, 0) is 18.6 Å². The SMILES string of the molecule is CCOC1CC(NC(=O)COc2ccccc2-c2ccccc2)(C(=O)O)C1(C)C. The van der Waals surface area contributed by atoms with Crippen molar-refractivity contribution in [2.75, 3.05) is 13.2 Å². The van der Waals surface area contributed by atoms with Crippen LogP contribution in [0.4, 0.5) is 0 Å². The van der Waals surface area contributed by atoms with Crippen LogP contribution in [-0.2, 0) is 14.3 Å². The van der Waals surface area contributed by atoms with E-state index in [1.807, 2.05) is 55.5 Å². The fourth-order valence-corrected chi connectivity index (χ4v) is 3.90. The Kier molecular flexibility index (Phi) is 5.94. The Morgan fingerprint density at radius 2 is 1.76 bits per heavy atom. The molecular weight excluding hydrogens is 370 g/mol. The maximum absolute atomic E-state index is 12.6. The second kappa shape index (κ2) is 8.25. The van der Waals surface area contributed by atoms with Gasteiger partial charge in [0.2, 0.25) is 0 Å². The lowest BCUT2D eigenvalue weighted by atomic mass is 9.54. The summed E-state index contributed by atoms with van der Waals surface area (Å²) in [6, 6.07) is 17.2. The lowest BCUT2D eigenvalue weighted by Crippen LogP contribution is -2.76. The fourth-order valence-electron chi connectivity index (χ4n) is 3.90. The summed E-state index contributed by atoms with van der Waals surface area (Å²) in [6.07, 6.45) is 0.0128. The predicted octanol–water partition coefficient (Wildman–Crippen LogP) is 3.51. The second-order valence-corrected chi connectivity index (χ2v) is 7.78. The van der Waals surface area contributed by atoms with Crippen molar-refractivity contribution in [2.24, 2.45) is 5.41 Å². The maximum Gasteiger partial charge on any atom is 0.330 e. The van der Waals surface area contributed by atoms with Crippen molar-refractivity contribution >= 4 is 11.9 Å². The average molecular weight is 397 g/mol. The molecule has 0 aromatic heterocycles. The molecule has 0 aliphatic heterocycles. The van der Waals surface area contributed by atoms with Crippen molar-refractivity contribution < 1.29 is 24.2 Å². The molecule has 1 aliphatic rings. The molecule has 2 N–H and O–H groups in total. The lowest BCUT2D eigenvalue weighted by molar-refractivity contribution is -0.194. The van der Waals surface area contributed by atoms with Crippen molar-refractivity contribution in [1.29, 1.82) is 0 Å². The number of amides is 1. The van der Waals surface area contributed by atoms with Gasteiger partial charge in [0.15, 0.2) is 6.61 Å². The first-order valence-electron chi connectivity index (χ1n) is 9.75.